The van der Waals surface area contributed by atoms with E-state index in [1.807, 2.05) is 29.2 Å². The molecule has 2 aliphatic rings. The largest absolute Gasteiger partial charge is 0.506 e. The van der Waals surface area contributed by atoms with E-state index in [1.54, 1.807) is 6.07 Å². The predicted octanol–water partition coefficient (Wildman–Crippen LogP) is 2.92. The highest BCUT2D eigenvalue weighted by Crippen LogP contribution is 2.25. The van der Waals surface area contributed by atoms with Crippen molar-refractivity contribution < 1.29 is 14.7 Å². The Morgan fingerprint density at radius 2 is 1.73 bits per heavy atom. The number of halogens is 1. The van der Waals surface area contributed by atoms with Crippen molar-refractivity contribution in [2.75, 3.05) is 56.0 Å². The average Bonchev–Trinajstić information content (AvgIpc) is 3.35. The molecule has 2 heterocycles. The van der Waals surface area contributed by atoms with Crippen LogP contribution < -0.4 is 10.2 Å². The number of nitrogens with one attached hydrogen (secondary N) is 1. The number of nitriles is 1. The Morgan fingerprint density at radius 1 is 1.06 bits per heavy atom. The quantitative estimate of drug-likeness (QED) is 0.516. The lowest BCUT2D eigenvalue weighted by molar-refractivity contribution is -0.132. The molecule has 2 aliphatic heterocycles. The molecule has 0 aliphatic carbocycles. The van der Waals surface area contributed by atoms with Gasteiger partial charge in [0.1, 0.15) is 5.75 Å². The summed E-state index contributed by atoms with van der Waals surface area (Å²) in [4.78, 5) is 28.8. The number of phenols is 1. The summed E-state index contributed by atoms with van der Waals surface area (Å²) in [7, 11) is 0. The molecule has 0 radical (unpaired) electrons. The Bertz CT molecular complexity index is 979. The van der Waals surface area contributed by atoms with Crippen molar-refractivity contribution in [2.45, 2.75) is 12.8 Å². The second-order valence-electron chi connectivity index (χ2n) is 7.94. The number of anilines is 2. The van der Waals surface area contributed by atoms with E-state index in [1.165, 1.54) is 25.0 Å². The van der Waals surface area contributed by atoms with Gasteiger partial charge in [0.15, 0.2) is 0 Å². The molecular formula is C24H28ClN5O3. The zero-order valence-electron chi connectivity index (χ0n) is 18.4. The van der Waals surface area contributed by atoms with Crippen LogP contribution in [-0.4, -0.2) is 73.0 Å². The van der Waals surface area contributed by atoms with Gasteiger partial charge in [0.2, 0.25) is 12.3 Å². The van der Waals surface area contributed by atoms with Gasteiger partial charge >= 0.3 is 0 Å². The van der Waals surface area contributed by atoms with Crippen LogP contribution in [0.3, 0.4) is 0 Å². The average molecular weight is 470 g/mol. The maximum absolute atomic E-state index is 12.3. The molecule has 2 amide bonds. The first-order chi connectivity index (χ1) is 16.0. The third kappa shape index (κ3) is 7.11. The zero-order valence-corrected chi connectivity index (χ0v) is 19.2. The monoisotopic (exact) mass is 469 g/mol. The number of carbonyl (C=O) groups is 2. The second kappa shape index (κ2) is 12.1. The van der Waals surface area contributed by atoms with Crippen LogP contribution in [0.4, 0.5) is 11.4 Å². The van der Waals surface area contributed by atoms with Crippen LogP contribution in [0.25, 0.3) is 0 Å². The van der Waals surface area contributed by atoms with E-state index in [0.717, 1.165) is 45.0 Å². The topological polar surface area (TPSA) is 99.9 Å². The molecule has 8 nitrogen and oxygen atoms in total. The van der Waals surface area contributed by atoms with Gasteiger partial charge in [0, 0.05) is 37.6 Å². The highest BCUT2D eigenvalue weighted by molar-refractivity contribution is 6.32. The van der Waals surface area contributed by atoms with Gasteiger partial charge in [-0.2, -0.15) is 5.26 Å². The van der Waals surface area contributed by atoms with Gasteiger partial charge in [-0.3, -0.25) is 14.5 Å². The lowest BCUT2D eigenvalue weighted by atomic mass is 10.2. The summed E-state index contributed by atoms with van der Waals surface area (Å²) in [6, 6.07) is 14.2. The Labute approximate surface area is 199 Å². The molecular weight excluding hydrogens is 442 g/mol. The molecule has 4 rings (SSSR count). The number of aromatic hydroxyl groups is 1. The van der Waals surface area contributed by atoms with E-state index < -0.39 is 0 Å². The van der Waals surface area contributed by atoms with Crippen molar-refractivity contribution in [1.29, 1.82) is 5.26 Å². The van der Waals surface area contributed by atoms with Crippen molar-refractivity contribution in [2.24, 2.45) is 0 Å². The minimum atomic E-state index is 0.00288. The molecule has 2 aromatic rings. The number of nitrogens with zero attached hydrogens (tertiary/aromatic N) is 4. The van der Waals surface area contributed by atoms with Crippen LogP contribution in [0.1, 0.15) is 18.4 Å². The van der Waals surface area contributed by atoms with Crippen LogP contribution >= 0.6 is 11.6 Å². The maximum Gasteiger partial charge on any atom is 0.236 e. The van der Waals surface area contributed by atoms with Gasteiger partial charge in [-0.15, -0.1) is 0 Å². The molecule has 0 bridgehead atoms. The molecule has 0 aromatic heterocycles. The number of hydrogen-bond donors (Lipinski definition) is 2. The highest BCUT2D eigenvalue weighted by atomic mass is 35.5. The predicted molar refractivity (Wildman–Crippen MR) is 128 cm³/mol. The van der Waals surface area contributed by atoms with Crippen LogP contribution in [-0.2, 0) is 9.59 Å². The fourth-order valence-corrected chi connectivity index (χ4v) is 4.04. The Hall–Kier alpha value is -3.28. The molecule has 0 spiro atoms. The molecule has 174 valence electrons. The molecule has 2 fully saturated rings. The van der Waals surface area contributed by atoms with Gasteiger partial charge in [0.05, 0.1) is 23.2 Å². The number of piperazine rings is 1. The van der Waals surface area contributed by atoms with Crippen molar-refractivity contribution in [3.8, 4) is 11.8 Å². The van der Waals surface area contributed by atoms with E-state index in [4.69, 9.17) is 22.0 Å². The van der Waals surface area contributed by atoms with E-state index >= 15 is 0 Å². The minimum Gasteiger partial charge on any atom is -0.506 e. The van der Waals surface area contributed by atoms with Crippen molar-refractivity contribution in [1.82, 2.24) is 9.80 Å². The summed E-state index contributed by atoms with van der Waals surface area (Å²) >= 11 is 5.54. The number of carbonyl (C=O) groups excluding carboxylic acids is 2. The molecule has 2 N–H and O–H groups in total. The lowest BCUT2D eigenvalue weighted by Crippen LogP contribution is -2.51. The summed E-state index contributed by atoms with van der Waals surface area (Å²) < 4.78 is 0. The summed E-state index contributed by atoms with van der Waals surface area (Å²) in [5.74, 6) is 0.268. The first-order valence-electron chi connectivity index (χ1n) is 10.9. The third-order valence-electron chi connectivity index (χ3n) is 5.72. The fourth-order valence-electron chi connectivity index (χ4n) is 3.86. The Morgan fingerprint density at radius 3 is 2.30 bits per heavy atom. The van der Waals surface area contributed by atoms with Crippen LogP contribution in [0.5, 0.6) is 5.75 Å². The summed E-state index contributed by atoms with van der Waals surface area (Å²) in [5.41, 5.74) is 2.37. The molecule has 9 heteroatoms. The number of rotatable bonds is 5. The zero-order chi connectivity index (χ0) is 23.6. The summed E-state index contributed by atoms with van der Waals surface area (Å²) in [6.07, 6.45) is 2.99. The molecule has 0 unspecified atom stereocenters. The van der Waals surface area contributed by atoms with E-state index in [2.05, 4.69) is 21.2 Å². The molecule has 2 aromatic carbocycles. The van der Waals surface area contributed by atoms with Crippen LogP contribution in [0, 0.1) is 11.3 Å². The van der Waals surface area contributed by atoms with Gasteiger partial charge in [0.25, 0.3) is 0 Å². The highest BCUT2D eigenvalue weighted by Gasteiger charge is 2.23. The van der Waals surface area contributed by atoms with Gasteiger partial charge in [-0.1, -0.05) is 11.6 Å². The first-order valence-corrected chi connectivity index (χ1v) is 11.3. The summed E-state index contributed by atoms with van der Waals surface area (Å²) in [5, 5.41) is 20.4. The minimum absolute atomic E-state index is 0.00288. The fraction of sp³-hybridized carbons (Fsp3) is 0.375. The lowest BCUT2D eigenvalue weighted by Gasteiger charge is -2.36. The van der Waals surface area contributed by atoms with Crippen LogP contribution in [0.2, 0.25) is 5.02 Å². The van der Waals surface area contributed by atoms with Crippen molar-refractivity contribution in [3.63, 3.8) is 0 Å². The summed E-state index contributed by atoms with van der Waals surface area (Å²) in [6.45, 7) is 6.00. The molecule has 33 heavy (non-hydrogen) atoms. The number of hydrogen-bond acceptors (Lipinski definition) is 6. The Kier molecular flexibility index (Phi) is 8.93. The normalized spacial score (nSPS) is 15.9. The molecule has 0 saturated carbocycles. The second-order valence-corrected chi connectivity index (χ2v) is 8.35. The third-order valence-corrected chi connectivity index (χ3v) is 6.03. The maximum atomic E-state index is 12.3. The van der Waals surface area contributed by atoms with E-state index in [9.17, 15) is 9.59 Å². The van der Waals surface area contributed by atoms with E-state index in [0.29, 0.717) is 24.2 Å². The standard InChI is InChI=1S/C17H22N4O.C7H6ClNO2/c18-13-15-3-5-16(6-4-15)20-9-11-21(12-10-20)17(22)14-19-7-1-2-8-19;8-6-3-5(9-4-10)1-2-7(6)11/h3-6H,1-2,7-12,14H2;1-4,11H,(H,9,10). The van der Waals surface area contributed by atoms with Gasteiger partial charge in [-0.05, 0) is 68.4 Å². The van der Waals surface area contributed by atoms with Gasteiger partial charge < -0.3 is 20.2 Å². The number of amides is 2. The van der Waals surface area contributed by atoms with Crippen molar-refractivity contribution in [3.05, 3.63) is 53.1 Å². The van der Waals surface area contributed by atoms with Crippen LogP contribution in [0.15, 0.2) is 42.5 Å². The SMILES string of the molecule is N#Cc1ccc(N2CCN(C(=O)CN3CCCC3)CC2)cc1.O=CNc1ccc(O)c(Cl)c1. The Balaban J connectivity index is 0.000000235. The van der Waals surface area contributed by atoms with E-state index in [-0.39, 0.29) is 16.7 Å². The first kappa shape index (κ1) is 24.4. The molecule has 0 atom stereocenters. The number of phenolic OH excluding ortho intramolecular Hbond substituents is 1. The number of benzene rings is 2. The van der Waals surface area contributed by atoms with Gasteiger partial charge in [-0.25, -0.2) is 0 Å². The van der Waals surface area contributed by atoms with Crippen molar-refractivity contribution >= 4 is 35.3 Å². The number of likely N-dealkylation sites (tertiary alicyclic amines) is 1. The molecule has 2 saturated heterocycles. The smallest absolute Gasteiger partial charge is 0.236 e.